The minimum atomic E-state index is -0.574. The second-order valence-corrected chi connectivity index (χ2v) is 5.80. The third kappa shape index (κ3) is 3.30. The number of nitrogens with zero attached hydrogens (tertiary/aromatic N) is 2. The Labute approximate surface area is 124 Å². The summed E-state index contributed by atoms with van der Waals surface area (Å²) in [5.41, 5.74) is 6.41. The van der Waals surface area contributed by atoms with Crippen LogP contribution in [0.5, 0.6) is 0 Å². The van der Waals surface area contributed by atoms with E-state index in [4.69, 9.17) is 18.0 Å². The summed E-state index contributed by atoms with van der Waals surface area (Å²) in [4.78, 5) is 20.9. The van der Waals surface area contributed by atoms with Gasteiger partial charge in [0.1, 0.15) is 5.69 Å². The van der Waals surface area contributed by atoms with E-state index in [-0.39, 0.29) is 5.91 Å². The number of aromatic nitrogens is 2. The standard InChI is InChI=1S/C14H20N4OS/c1-10-8-17-11(9-16-10)12(19)18-14(13(15)20)6-4-2-3-5-7-14/h8-9H,2-7H2,1H3,(H2,15,20)(H,18,19). The molecule has 6 heteroatoms. The van der Waals surface area contributed by atoms with E-state index in [0.717, 1.165) is 44.2 Å². The fourth-order valence-corrected chi connectivity index (χ4v) is 2.81. The average molecular weight is 292 g/mol. The molecule has 0 radical (unpaired) electrons. The fraction of sp³-hybridized carbons (Fsp3) is 0.571. The van der Waals surface area contributed by atoms with E-state index in [1.165, 1.54) is 6.20 Å². The summed E-state index contributed by atoms with van der Waals surface area (Å²) in [6.07, 6.45) is 9.02. The molecule has 0 bridgehead atoms. The van der Waals surface area contributed by atoms with Gasteiger partial charge >= 0.3 is 0 Å². The van der Waals surface area contributed by atoms with E-state index in [1.807, 2.05) is 6.92 Å². The zero-order chi connectivity index (χ0) is 14.6. The molecular weight excluding hydrogens is 272 g/mol. The highest BCUT2D eigenvalue weighted by molar-refractivity contribution is 7.80. The summed E-state index contributed by atoms with van der Waals surface area (Å²) >= 11 is 5.20. The first-order chi connectivity index (χ1) is 9.53. The summed E-state index contributed by atoms with van der Waals surface area (Å²) < 4.78 is 0. The van der Waals surface area contributed by atoms with Crippen molar-refractivity contribution in [3.05, 3.63) is 23.8 Å². The first-order valence-electron chi connectivity index (χ1n) is 6.94. The highest BCUT2D eigenvalue weighted by Gasteiger charge is 2.36. The molecule has 0 unspecified atom stereocenters. The van der Waals surface area contributed by atoms with Gasteiger partial charge in [0.25, 0.3) is 5.91 Å². The van der Waals surface area contributed by atoms with Gasteiger partial charge in [0.2, 0.25) is 0 Å². The van der Waals surface area contributed by atoms with Crippen molar-refractivity contribution in [2.45, 2.75) is 51.0 Å². The Morgan fingerprint density at radius 3 is 2.40 bits per heavy atom. The van der Waals surface area contributed by atoms with Gasteiger partial charge in [-0.2, -0.15) is 0 Å². The van der Waals surface area contributed by atoms with Crippen molar-refractivity contribution >= 4 is 23.1 Å². The number of thiocarbonyl (C=S) groups is 1. The van der Waals surface area contributed by atoms with Crippen LogP contribution < -0.4 is 11.1 Å². The van der Waals surface area contributed by atoms with Crippen molar-refractivity contribution in [1.29, 1.82) is 0 Å². The molecule has 0 spiro atoms. The van der Waals surface area contributed by atoms with Crippen LogP contribution in [0.2, 0.25) is 0 Å². The van der Waals surface area contributed by atoms with E-state index >= 15 is 0 Å². The first-order valence-corrected chi connectivity index (χ1v) is 7.35. The Balaban J connectivity index is 2.17. The lowest BCUT2D eigenvalue weighted by Crippen LogP contribution is -2.56. The Bertz CT molecular complexity index is 492. The average Bonchev–Trinajstić information content (AvgIpc) is 2.66. The molecule has 108 valence electrons. The van der Waals surface area contributed by atoms with Crippen LogP contribution in [0.4, 0.5) is 0 Å². The molecule has 5 nitrogen and oxygen atoms in total. The van der Waals surface area contributed by atoms with Crippen LogP contribution >= 0.6 is 12.2 Å². The Kier molecular flexibility index (Phi) is 4.65. The minimum Gasteiger partial charge on any atom is -0.391 e. The normalized spacial score (nSPS) is 18.1. The maximum Gasteiger partial charge on any atom is 0.272 e. The van der Waals surface area contributed by atoms with Crippen molar-refractivity contribution in [2.24, 2.45) is 5.73 Å². The molecule has 1 heterocycles. The molecule has 0 aromatic carbocycles. The lowest BCUT2D eigenvalue weighted by Gasteiger charge is -2.32. The number of carbonyl (C=O) groups is 1. The molecule has 0 saturated heterocycles. The molecule has 1 amide bonds. The van der Waals surface area contributed by atoms with Crippen molar-refractivity contribution in [3.8, 4) is 0 Å². The highest BCUT2D eigenvalue weighted by Crippen LogP contribution is 2.27. The van der Waals surface area contributed by atoms with Crippen molar-refractivity contribution in [2.75, 3.05) is 0 Å². The molecule has 1 fully saturated rings. The third-order valence-corrected chi connectivity index (χ3v) is 4.19. The monoisotopic (exact) mass is 292 g/mol. The Morgan fingerprint density at radius 1 is 1.25 bits per heavy atom. The van der Waals surface area contributed by atoms with Gasteiger partial charge < -0.3 is 11.1 Å². The number of hydrogen-bond donors (Lipinski definition) is 2. The van der Waals surface area contributed by atoms with Gasteiger partial charge in [0, 0.05) is 6.20 Å². The minimum absolute atomic E-state index is 0.257. The zero-order valence-corrected chi connectivity index (χ0v) is 12.5. The van der Waals surface area contributed by atoms with E-state index < -0.39 is 5.54 Å². The molecule has 0 atom stereocenters. The fourth-order valence-electron chi connectivity index (χ4n) is 2.56. The summed E-state index contributed by atoms with van der Waals surface area (Å²) in [6, 6.07) is 0. The number of nitrogens with one attached hydrogen (secondary N) is 1. The third-order valence-electron chi connectivity index (χ3n) is 3.80. The predicted molar refractivity (Wildman–Crippen MR) is 81.5 cm³/mol. The van der Waals surface area contributed by atoms with E-state index in [0.29, 0.717) is 10.7 Å². The smallest absolute Gasteiger partial charge is 0.272 e. The van der Waals surface area contributed by atoms with Gasteiger partial charge in [-0.3, -0.25) is 9.78 Å². The van der Waals surface area contributed by atoms with Crippen molar-refractivity contribution < 1.29 is 4.79 Å². The van der Waals surface area contributed by atoms with Crippen LogP contribution in [0.15, 0.2) is 12.4 Å². The van der Waals surface area contributed by atoms with Crippen LogP contribution in [0.3, 0.4) is 0 Å². The molecule has 0 aliphatic heterocycles. The van der Waals surface area contributed by atoms with Gasteiger partial charge in [0.05, 0.1) is 22.4 Å². The molecule has 1 saturated carbocycles. The quantitative estimate of drug-likeness (QED) is 0.657. The Morgan fingerprint density at radius 2 is 1.90 bits per heavy atom. The number of nitrogens with two attached hydrogens (primary N) is 1. The molecule has 1 aliphatic rings. The highest BCUT2D eigenvalue weighted by atomic mass is 32.1. The van der Waals surface area contributed by atoms with Crippen LogP contribution in [0, 0.1) is 6.92 Å². The van der Waals surface area contributed by atoms with Crippen LogP contribution in [-0.4, -0.2) is 26.4 Å². The summed E-state index contributed by atoms with van der Waals surface area (Å²) in [5, 5.41) is 3.00. The summed E-state index contributed by atoms with van der Waals surface area (Å²) in [6.45, 7) is 1.83. The number of carbonyl (C=O) groups excluding carboxylic acids is 1. The van der Waals surface area contributed by atoms with Gasteiger partial charge in [0.15, 0.2) is 0 Å². The van der Waals surface area contributed by atoms with Crippen molar-refractivity contribution in [3.63, 3.8) is 0 Å². The predicted octanol–water partition coefficient (Wildman–Crippen LogP) is 1.89. The Hall–Kier alpha value is -1.56. The van der Waals surface area contributed by atoms with Crippen LogP contribution in [-0.2, 0) is 0 Å². The van der Waals surface area contributed by atoms with E-state index in [1.54, 1.807) is 6.20 Å². The maximum absolute atomic E-state index is 12.3. The second-order valence-electron chi connectivity index (χ2n) is 5.36. The van der Waals surface area contributed by atoms with Gasteiger partial charge in [-0.05, 0) is 19.8 Å². The molecule has 1 aromatic heterocycles. The summed E-state index contributed by atoms with van der Waals surface area (Å²) in [5.74, 6) is -0.257. The van der Waals surface area contributed by atoms with E-state index in [2.05, 4.69) is 15.3 Å². The number of rotatable bonds is 3. The summed E-state index contributed by atoms with van der Waals surface area (Å²) in [7, 11) is 0. The van der Waals surface area contributed by atoms with Gasteiger partial charge in [-0.25, -0.2) is 4.98 Å². The lowest BCUT2D eigenvalue weighted by atomic mass is 9.90. The molecule has 3 N–H and O–H groups in total. The number of hydrogen-bond acceptors (Lipinski definition) is 4. The lowest BCUT2D eigenvalue weighted by molar-refractivity contribution is 0.0912. The second kappa shape index (κ2) is 6.26. The van der Waals surface area contributed by atoms with Gasteiger partial charge in [-0.15, -0.1) is 0 Å². The van der Waals surface area contributed by atoms with Crippen LogP contribution in [0.1, 0.15) is 54.7 Å². The number of amides is 1. The first kappa shape index (κ1) is 14.8. The molecular formula is C14H20N4OS. The largest absolute Gasteiger partial charge is 0.391 e. The topological polar surface area (TPSA) is 80.9 Å². The van der Waals surface area contributed by atoms with Crippen molar-refractivity contribution in [1.82, 2.24) is 15.3 Å². The van der Waals surface area contributed by atoms with Crippen LogP contribution in [0.25, 0.3) is 0 Å². The molecule has 1 aromatic rings. The number of aryl methyl sites for hydroxylation is 1. The SMILES string of the molecule is Cc1cnc(C(=O)NC2(C(N)=S)CCCCCC2)cn1. The molecule has 20 heavy (non-hydrogen) atoms. The zero-order valence-electron chi connectivity index (χ0n) is 11.7. The van der Waals surface area contributed by atoms with Gasteiger partial charge in [-0.1, -0.05) is 37.9 Å². The molecule has 1 aliphatic carbocycles. The van der Waals surface area contributed by atoms with E-state index in [9.17, 15) is 4.79 Å². The maximum atomic E-state index is 12.3. The molecule has 2 rings (SSSR count).